The molecule has 3 nitrogen and oxygen atoms in total. The lowest BCUT2D eigenvalue weighted by molar-refractivity contribution is 0.0955. The van der Waals surface area contributed by atoms with E-state index in [4.69, 9.17) is 0 Å². The number of carbonyl (C=O) groups excluding carboxylic acids is 1. The smallest absolute Gasteiger partial charge is 0.253 e. The number of carbonyl (C=O) groups is 1. The molecule has 1 rings (SSSR count). The molecule has 0 saturated heterocycles. The highest BCUT2D eigenvalue weighted by Crippen LogP contribution is 2.13. The molecule has 3 heteroatoms. The van der Waals surface area contributed by atoms with Crippen molar-refractivity contribution in [2.45, 2.75) is 6.42 Å². The van der Waals surface area contributed by atoms with E-state index in [1.807, 2.05) is 18.2 Å². The van der Waals surface area contributed by atoms with Crippen molar-refractivity contribution in [3.63, 3.8) is 0 Å². The molecule has 0 aliphatic carbocycles. The monoisotopic (exact) mass is 204 g/mol. The lowest BCUT2D eigenvalue weighted by atomic mass is 10.1. The zero-order chi connectivity index (χ0) is 11.1. The minimum Gasteiger partial charge on any atom is -0.387 e. The number of para-hydroxylation sites is 1. The van der Waals surface area contributed by atoms with E-state index >= 15 is 0 Å². The van der Waals surface area contributed by atoms with Crippen LogP contribution >= 0.6 is 0 Å². The van der Waals surface area contributed by atoms with Gasteiger partial charge in [-0.25, -0.2) is 0 Å². The molecule has 0 heterocycles. The fourth-order valence-electron chi connectivity index (χ4n) is 1.28. The van der Waals surface area contributed by atoms with E-state index in [1.165, 1.54) is 0 Å². The molecule has 0 saturated carbocycles. The first-order valence-corrected chi connectivity index (χ1v) is 4.95. The van der Waals surface area contributed by atoms with Crippen molar-refractivity contribution in [1.82, 2.24) is 5.32 Å². The van der Waals surface area contributed by atoms with Gasteiger partial charge < -0.3 is 10.6 Å². The molecule has 0 aliphatic rings. The second kappa shape index (κ2) is 5.86. The summed E-state index contributed by atoms with van der Waals surface area (Å²) in [5.41, 5.74) is 1.51. The van der Waals surface area contributed by atoms with Gasteiger partial charge in [0.05, 0.1) is 5.56 Å². The van der Waals surface area contributed by atoms with Gasteiger partial charge in [0.2, 0.25) is 0 Å². The van der Waals surface area contributed by atoms with Crippen LogP contribution in [-0.2, 0) is 0 Å². The van der Waals surface area contributed by atoms with Crippen LogP contribution in [0.5, 0.6) is 0 Å². The van der Waals surface area contributed by atoms with E-state index in [2.05, 4.69) is 17.2 Å². The second-order valence-electron chi connectivity index (χ2n) is 3.13. The summed E-state index contributed by atoms with van der Waals surface area (Å²) in [6.07, 6.45) is 2.57. The molecule has 1 aromatic carbocycles. The SMILES string of the molecule is C=CCCNC(=O)c1ccccc1NC. The molecule has 15 heavy (non-hydrogen) atoms. The van der Waals surface area contributed by atoms with Gasteiger partial charge in [-0.05, 0) is 18.6 Å². The summed E-state index contributed by atoms with van der Waals surface area (Å²) in [5.74, 6) is -0.0539. The Bertz CT molecular complexity index is 347. The van der Waals surface area contributed by atoms with E-state index in [1.54, 1.807) is 19.2 Å². The molecule has 0 aliphatic heterocycles. The van der Waals surface area contributed by atoms with Crippen molar-refractivity contribution in [3.8, 4) is 0 Å². The van der Waals surface area contributed by atoms with Crippen molar-refractivity contribution >= 4 is 11.6 Å². The fraction of sp³-hybridized carbons (Fsp3) is 0.250. The maximum absolute atomic E-state index is 11.7. The van der Waals surface area contributed by atoms with Crippen molar-refractivity contribution in [1.29, 1.82) is 0 Å². The van der Waals surface area contributed by atoms with Gasteiger partial charge in [-0.3, -0.25) is 4.79 Å². The van der Waals surface area contributed by atoms with Gasteiger partial charge in [0.15, 0.2) is 0 Å². The van der Waals surface area contributed by atoms with Crippen molar-refractivity contribution in [3.05, 3.63) is 42.5 Å². The quantitative estimate of drug-likeness (QED) is 0.569. The predicted octanol–water partition coefficient (Wildman–Crippen LogP) is 2.03. The van der Waals surface area contributed by atoms with Crippen LogP contribution in [-0.4, -0.2) is 19.5 Å². The average molecular weight is 204 g/mol. The Hall–Kier alpha value is -1.77. The maximum atomic E-state index is 11.7. The summed E-state index contributed by atoms with van der Waals surface area (Å²) in [4.78, 5) is 11.7. The zero-order valence-corrected chi connectivity index (χ0v) is 8.92. The third kappa shape index (κ3) is 3.13. The van der Waals surface area contributed by atoms with E-state index in [0.29, 0.717) is 12.1 Å². The topological polar surface area (TPSA) is 41.1 Å². The summed E-state index contributed by atoms with van der Waals surface area (Å²) < 4.78 is 0. The van der Waals surface area contributed by atoms with Crippen molar-refractivity contribution in [2.75, 3.05) is 18.9 Å². The van der Waals surface area contributed by atoms with Gasteiger partial charge in [0.1, 0.15) is 0 Å². The Kier molecular flexibility index (Phi) is 4.41. The lowest BCUT2D eigenvalue weighted by Gasteiger charge is -2.08. The van der Waals surface area contributed by atoms with Gasteiger partial charge in [-0.15, -0.1) is 6.58 Å². The molecule has 0 fully saturated rings. The number of hydrogen-bond donors (Lipinski definition) is 2. The van der Waals surface area contributed by atoms with E-state index in [-0.39, 0.29) is 5.91 Å². The molecule has 2 N–H and O–H groups in total. The number of anilines is 1. The molecule has 0 radical (unpaired) electrons. The van der Waals surface area contributed by atoms with Crippen LogP contribution in [0.4, 0.5) is 5.69 Å². The summed E-state index contributed by atoms with van der Waals surface area (Å²) >= 11 is 0. The maximum Gasteiger partial charge on any atom is 0.253 e. The molecular weight excluding hydrogens is 188 g/mol. The molecule has 1 amide bonds. The normalized spacial score (nSPS) is 9.40. The van der Waals surface area contributed by atoms with Crippen LogP contribution < -0.4 is 10.6 Å². The number of benzene rings is 1. The van der Waals surface area contributed by atoms with Crippen LogP contribution in [0, 0.1) is 0 Å². The van der Waals surface area contributed by atoms with Crippen LogP contribution in [0.3, 0.4) is 0 Å². The molecule has 0 bridgehead atoms. The highest BCUT2D eigenvalue weighted by Gasteiger charge is 2.08. The van der Waals surface area contributed by atoms with Gasteiger partial charge in [0, 0.05) is 19.3 Å². The Balaban J connectivity index is 2.68. The Labute approximate surface area is 90.2 Å². The van der Waals surface area contributed by atoms with Gasteiger partial charge in [-0.2, -0.15) is 0 Å². The van der Waals surface area contributed by atoms with E-state index < -0.39 is 0 Å². The summed E-state index contributed by atoms with van der Waals surface area (Å²) in [6, 6.07) is 7.42. The second-order valence-corrected chi connectivity index (χ2v) is 3.13. The standard InChI is InChI=1S/C12H16N2O/c1-3-4-9-14-12(15)10-7-5-6-8-11(10)13-2/h3,5-8,13H,1,4,9H2,2H3,(H,14,15). The van der Waals surface area contributed by atoms with Crippen LogP contribution in [0.25, 0.3) is 0 Å². The fourth-order valence-corrected chi connectivity index (χ4v) is 1.28. The Morgan fingerprint density at radius 3 is 2.87 bits per heavy atom. The highest BCUT2D eigenvalue weighted by molar-refractivity contribution is 5.99. The van der Waals surface area contributed by atoms with Crippen molar-refractivity contribution < 1.29 is 4.79 Å². The molecule has 0 aromatic heterocycles. The molecule has 0 atom stereocenters. The van der Waals surface area contributed by atoms with Crippen molar-refractivity contribution in [2.24, 2.45) is 0 Å². The third-order valence-corrected chi connectivity index (χ3v) is 2.08. The molecule has 1 aromatic rings. The minimum absolute atomic E-state index is 0.0539. The van der Waals surface area contributed by atoms with E-state index in [0.717, 1.165) is 12.1 Å². The Morgan fingerprint density at radius 2 is 2.20 bits per heavy atom. The number of rotatable bonds is 5. The van der Waals surface area contributed by atoms with E-state index in [9.17, 15) is 4.79 Å². The first-order chi connectivity index (χ1) is 7.29. The first-order valence-electron chi connectivity index (χ1n) is 4.95. The predicted molar refractivity (Wildman–Crippen MR) is 63.1 cm³/mol. The Morgan fingerprint density at radius 1 is 1.47 bits per heavy atom. The largest absolute Gasteiger partial charge is 0.387 e. The first kappa shape index (κ1) is 11.3. The summed E-state index contributed by atoms with van der Waals surface area (Å²) in [6.45, 7) is 4.23. The van der Waals surface area contributed by atoms with Gasteiger partial charge >= 0.3 is 0 Å². The number of hydrogen-bond acceptors (Lipinski definition) is 2. The van der Waals surface area contributed by atoms with Gasteiger partial charge in [0.25, 0.3) is 5.91 Å². The lowest BCUT2D eigenvalue weighted by Crippen LogP contribution is -2.24. The summed E-state index contributed by atoms with van der Waals surface area (Å²) in [7, 11) is 1.80. The van der Waals surface area contributed by atoms with Crippen LogP contribution in [0.1, 0.15) is 16.8 Å². The number of amides is 1. The molecule has 0 spiro atoms. The third-order valence-electron chi connectivity index (χ3n) is 2.08. The average Bonchev–Trinajstić information content (AvgIpc) is 2.29. The van der Waals surface area contributed by atoms with Crippen LogP contribution in [0.15, 0.2) is 36.9 Å². The van der Waals surface area contributed by atoms with Gasteiger partial charge in [-0.1, -0.05) is 18.2 Å². The number of nitrogens with one attached hydrogen (secondary N) is 2. The molecule has 0 unspecified atom stereocenters. The minimum atomic E-state index is -0.0539. The zero-order valence-electron chi connectivity index (χ0n) is 8.92. The molecular formula is C12H16N2O. The van der Waals surface area contributed by atoms with Crippen LogP contribution in [0.2, 0.25) is 0 Å². The molecule has 80 valence electrons. The summed E-state index contributed by atoms with van der Waals surface area (Å²) in [5, 5.41) is 5.81. The highest BCUT2D eigenvalue weighted by atomic mass is 16.1.